The van der Waals surface area contributed by atoms with Crippen LogP contribution in [0.25, 0.3) is 10.8 Å². The van der Waals surface area contributed by atoms with Gasteiger partial charge in [0.05, 0.1) is 12.5 Å². The van der Waals surface area contributed by atoms with E-state index >= 15 is 0 Å². The zero-order valence-electron chi connectivity index (χ0n) is 16.2. The molecule has 1 aliphatic heterocycles. The van der Waals surface area contributed by atoms with Crippen molar-refractivity contribution >= 4 is 22.5 Å². The average Bonchev–Trinajstić information content (AvgIpc) is 2.70. The zero-order chi connectivity index (χ0) is 19.2. The molecule has 2 aromatic rings. The molecule has 1 saturated heterocycles. The fourth-order valence-corrected chi connectivity index (χ4v) is 4.93. The van der Waals surface area contributed by atoms with Gasteiger partial charge in [-0.2, -0.15) is 0 Å². The first-order chi connectivity index (χ1) is 12.9. The summed E-state index contributed by atoms with van der Waals surface area (Å²) in [6.45, 7) is 3.81. The minimum Gasteiger partial charge on any atom is -0.496 e. The predicted molar refractivity (Wildman–Crippen MR) is 104 cm³/mol. The third kappa shape index (κ3) is 2.57. The number of carbonyl (C=O) groups excluding carboxylic acids is 2. The van der Waals surface area contributed by atoms with E-state index in [1.165, 1.54) is 0 Å². The molecule has 142 valence electrons. The lowest BCUT2D eigenvalue weighted by Crippen LogP contribution is -2.55. The number of rotatable bonds is 2. The number of Topliss-reactive ketones (excluding diaryl/α,β-unsaturated/α-hetero) is 1. The number of fused-ring (bicyclic) bond motifs is 1. The van der Waals surface area contributed by atoms with Gasteiger partial charge >= 0.3 is 5.97 Å². The van der Waals surface area contributed by atoms with Crippen LogP contribution in [0.3, 0.4) is 0 Å². The van der Waals surface area contributed by atoms with Crippen molar-refractivity contribution in [3.05, 3.63) is 42.0 Å². The van der Waals surface area contributed by atoms with E-state index in [1.54, 1.807) is 7.11 Å². The van der Waals surface area contributed by atoms with Gasteiger partial charge < -0.3 is 9.47 Å². The van der Waals surface area contributed by atoms with Crippen molar-refractivity contribution in [1.29, 1.82) is 0 Å². The van der Waals surface area contributed by atoms with Crippen molar-refractivity contribution in [1.82, 2.24) is 0 Å². The number of esters is 1. The smallest absolute Gasteiger partial charge is 0.320 e. The van der Waals surface area contributed by atoms with E-state index in [0.29, 0.717) is 18.6 Å². The van der Waals surface area contributed by atoms with Crippen molar-refractivity contribution in [3.8, 4) is 5.75 Å². The van der Waals surface area contributed by atoms with E-state index in [2.05, 4.69) is 0 Å². The molecule has 0 aromatic heterocycles. The molecule has 2 aromatic carbocycles. The number of benzene rings is 2. The highest BCUT2D eigenvalue weighted by molar-refractivity contribution is 6.09. The molecule has 2 fully saturated rings. The Kier molecular flexibility index (Phi) is 4.25. The van der Waals surface area contributed by atoms with Gasteiger partial charge in [0.15, 0.2) is 5.78 Å². The van der Waals surface area contributed by atoms with Gasteiger partial charge in [-0.15, -0.1) is 0 Å². The number of hydrogen-bond donors (Lipinski definition) is 0. The molecular formula is C23H26O4. The number of ketones is 1. The average molecular weight is 366 g/mol. The van der Waals surface area contributed by atoms with Crippen LogP contribution in [0.4, 0.5) is 0 Å². The van der Waals surface area contributed by atoms with Gasteiger partial charge in [0.2, 0.25) is 0 Å². The molecule has 1 saturated carbocycles. The Morgan fingerprint density at radius 2 is 1.70 bits per heavy atom. The molecule has 1 heterocycles. The highest BCUT2D eigenvalue weighted by Crippen LogP contribution is 2.55. The molecule has 1 atom stereocenters. The first-order valence-corrected chi connectivity index (χ1v) is 9.73. The van der Waals surface area contributed by atoms with Crippen molar-refractivity contribution in [3.63, 3.8) is 0 Å². The summed E-state index contributed by atoms with van der Waals surface area (Å²) in [5.41, 5.74) is -0.994. The van der Waals surface area contributed by atoms with Crippen LogP contribution in [0.5, 0.6) is 5.75 Å². The number of ether oxygens (including phenoxy) is 2. The normalized spacial score (nSPS) is 24.0. The van der Waals surface area contributed by atoms with E-state index in [1.807, 2.05) is 50.2 Å². The van der Waals surface area contributed by atoms with Crippen LogP contribution >= 0.6 is 0 Å². The predicted octanol–water partition coefficient (Wildman–Crippen LogP) is 4.99. The van der Waals surface area contributed by atoms with Crippen LogP contribution in [-0.2, 0) is 14.3 Å². The van der Waals surface area contributed by atoms with Gasteiger partial charge in [-0.05, 0) is 43.5 Å². The number of hydrogen-bond acceptors (Lipinski definition) is 4. The Labute approximate surface area is 159 Å². The van der Waals surface area contributed by atoms with Gasteiger partial charge in [0.25, 0.3) is 0 Å². The summed E-state index contributed by atoms with van der Waals surface area (Å²) in [4.78, 5) is 26.7. The highest BCUT2D eigenvalue weighted by atomic mass is 16.6. The Hall–Kier alpha value is -2.36. The standard InChI is InChI=1S/C23H26O4/c1-22(2)19(27-21(25)23(20(22)24)13-7-4-8-14-23)18-16-10-6-5-9-15(16)11-12-17(18)26-3/h5-6,9-12,19H,4,7-8,13-14H2,1-3H3/t19-/m1/s1. The van der Waals surface area contributed by atoms with E-state index in [-0.39, 0.29) is 11.8 Å². The van der Waals surface area contributed by atoms with Crippen molar-refractivity contribution < 1.29 is 19.1 Å². The van der Waals surface area contributed by atoms with Crippen LogP contribution in [0, 0.1) is 10.8 Å². The lowest BCUT2D eigenvalue weighted by Gasteiger charge is -2.47. The van der Waals surface area contributed by atoms with Gasteiger partial charge in [-0.25, -0.2) is 0 Å². The maximum atomic E-state index is 13.6. The van der Waals surface area contributed by atoms with E-state index in [4.69, 9.17) is 9.47 Å². The van der Waals surface area contributed by atoms with Crippen molar-refractivity contribution in [2.24, 2.45) is 10.8 Å². The Balaban J connectivity index is 1.87. The van der Waals surface area contributed by atoms with Gasteiger partial charge in [0.1, 0.15) is 17.3 Å². The summed E-state index contributed by atoms with van der Waals surface area (Å²) >= 11 is 0. The quantitative estimate of drug-likeness (QED) is 0.555. The van der Waals surface area contributed by atoms with Gasteiger partial charge in [-0.1, -0.05) is 49.6 Å². The summed E-state index contributed by atoms with van der Waals surface area (Å²) < 4.78 is 11.7. The van der Waals surface area contributed by atoms with Crippen molar-refractivity contribution in [2.45, 2.75) is 52.1 Å². The molecule has 4 heteroatoms. The Morgan fingerprint density at radius 3 is 2.41 bits per heavy atom. The second kappa shape index (κ2) is 6.36. The maximum Gasteiger partial charge on any atom is 0.320 e. The molecule has 4 nitrogen and oxygen atoms in total. The summed E-state index contributed by atoms with van der Waals surface area (Å²) in [5, 5.41) is 1.99. The fraction of sp³-hybridized carbons (Fsp3) is 0.478. The molecule has 4 rings (SSSR count). The molecular weight excluding hydrogens is 340 g/mol. The largest absolute Gasteiger partial charge is 0.496 e. The molecule has 0 bridgehead atoms. The monoisotopic (exact) mass is 366 g/mol. The molecule has 0 unspecified atom stereocenters. The molecule has 1 spiro atoms. The van der Waals surface area contributed by atoms with Gasteiger partial charge in [0, 0.05) is 5.56 Å². The van der Waals surface area contributed by atoms with Crippen molar-refractivity contribution in [2.75, 3.05) is 7.11 Å². The minimum absolute atomic E-state index is 0.0194. The Morgan fingerprint density at radius 1 is 1.00 bits per heavy atom. The van der Waals surface area contributed by atoms with Crippen LogP contribution in [-0.4, -0.2) is 18.9 Å². The second-order valence-corrected chi connectivity index (χ2v) is 8.38. The first kappa shape index (κ1) is 18.0. The third-order valence-electron chi connectivity index (χ3n) is 6.41. The first-order valence-electron chi connectivity index (χ1n) is 9.73. The maximum absolute atomic E-state index is 13.6. The van der Waals surface area contributed by atoms with E-state index < -0.39 is 16.9 Å². The summed E-state index contributed by atoms with van der Waals surface area (Å²) in [7, 11) is 1.61. The molecule has 0 amide bonds. The lowest BCUT2D eigenvalue weighted by atomic mass is 9.60. The number of cyclic esters (lactones) is 1. The SMILES string of the molecule is COc1ccc2ccccc2c1[C@H]1OC(=O)C2(CCCCC2)C(=O)C1(C)C. The topological polar surface area (TPSA) is 52.6 Å². The summed E-state index contributed by atoms with van der Waals surface area (Å²) in [6, 6.07) is 11.8. The highest BCUT2D eigenvalue weighted by Gasteiger charge is 2.60. The van der Waals surface area contributed by atoms with Crippen LogP contribution in [0.1, 0.15) is 57.6 Å². The summed E-state index contributed by atoms with van der Waals surface area (Å²) in [6.07, 6.45) is 3.42. The molecule has 27 heavy (non-hydrogen) atoms. The molecule has 1 aliphatic carbocycles. The molecule has 0 N–H and O–H groups in total. The minimum atomic E-state index is -0.962. The number of carbonyl (C=O) groups is 2. The van der Waals surface area contributed by atoms with Crippen LogP contribution < -0.4 is 4.74 Å². The van der Waals surface area contributed by atoms with E-state index in [9.17, 15) is 9.59 Å². The van der Waals surface area contributed by atoms with E-state index in [0.717, 1.165) is 35.6 Å². The molecule has 2 aliphatic rings. The number of methoxy groups -OCH3 is 1. The zero-order valence-corrected chi connectivity index (χ0v) is 16.2. The molecule has 0 radical (unpaired) electrons. The van der Waals surface area contributed by atoms with Crippen LogP contribution in [0.15, 0.2) is 36.4 Å². The fourth-order valence-electron chi connectivity index (χ4n) is 4.93. The third-order valence-corrected chi connectivity index (χ3v) is 6.41. The van der Waals surface area contributed by atoms with Crippen LogP contribution in [0.2, 0.25) is 0 Å². The van der Waals surface area contributed by atoms with Gasteiger partial charge in [-0.3, -0.25) is 9.59 Å². The Bertz CT molecular complexity index is 906. The summed E-state index contributed by atoms with van der Waals surface area (Å²) in [5.74, 6) is 0.310. The second-order valence-electron chi connectivity index (χ2n) is 8.38. The lowest BCUT2D eigenvalue weighted by molar-refractivity contribution is -0.192.